The first-order valence-electron chi connectivity index (χ1n) is 10.5. The zero-order valence-corrected chi connectivity index (χ0v) is 19.0. The summed E-state index contributed by atoms with van der Waals surface area (Å²) >= 11 is 0. The molecule has 2 atom stereocenters. The molecule has 0 spiro atoms. The third-order valence-electron chi connectivity index (χ3n) is 5.80. The number of amides is 3. The van der Waals surface area contributed by atoms with Crippen LogP contribution in [0.2, 0.25) is 0 Å². The van der Waals surface area contributed by atoms with E-state index in [1.807, 2.05) is 44.2 Å². The predicted molar refractivity (Wildman–Crippen MR) is 123 cm³/mol. The number of aryl methyl sites for hydroxylation is 1. The minimum Gasteiger partial charge on any atom is -0.481 e. The van der Waals surface area contributed by atoms with Crippen LogP contribution in [0, 0.1) is 13.8 Å². The lowest BCUT2D eigenvalue weighted by atomic mass is 9.94. The Kier molecular flexibility index (Phi) is 6.96. The SMILES string of the molecule is CC1=CN(C)C(=O)C(NC(=O)NC(CC(=O)O)c2cccc(-c3cccc(C)c3C)c2)C1=O. The standard InChI is InChI=1S/C25H27N3O5/c1-14-7-5-10-19(16(14)3)17-8-6-9-18(11-17)20(12-21(29)30)26-25(33)27-22-23(31)15(2)13-28(4)24(22)32/h5-11,13,20,22H,12H2,1-4H3,(H,29,30)(H2,26,27,33). The summed E-state index contributed by atoms with van der Waals surface area (Å²) in [4.78, 5) is 50.1. The molecule has 33 heavy (non-hydrogen) atoms. The van der Waals surface area contributed by atoms with Gasteiger partial charge in [0.25, 0.3) is 5.91 Å². The predicted octanol–water partition coefficient (Wildman–Crippen LogP) is 3.10. The van der Waals surface area contributed by atoms with Crippen LogP contribution in [-0.2, 0) is 14.4 Å². The van der Waals surface area contributed by atoms with E-state index in [1.165, 1.54) is 18.1 Å². The van der Waals surface area contributed by atoms with Gasteiger partial charge in [0.1, 0.15) is 0 Å². The number of carboxylic acid groups (broad SMARTS) is 1. The van der Waals surface area contributed by atoms with Gasteiger partial charge in [-0.3, -0.25) is 14.4 Å². The van der Waals surface area contributed by atoms with Gasteiger partial charge in [0.05, 0.1) is 12.5 Å². The van der Waals surface area contributed by atoms with Crippen molar-refractivity contribution >= 4 is 23.7 Å². The van der Waals surface area contributed by atoms with E-state index in [2.05, 4.69) is 10.6 Å². The minimum atomic E-state index is -1.35. The number of nitrogens with zero attached hydrogens (tertiary/aromatic N) is 1. The maximum Gasteiger partial charge on any atom is 0.316 e. The molecule has 3 N–H and O–H groups in total. The fourth-order valence-electron chi connectivity index (χ4n) is 3.83. The number of Topliss-reactive ketones (excluding diaryl/α,β-unsaturated/α-hetero) is 1. The average molecular weight is 450 g/mol. The molecule has 8 nitrogen and oxygen atoms in total. The van der Waals surface area contributed by atoms with E-state index in [0.29, 0.717) is 11.1 Å². The summed E-state index contributed by atoms with van der Waals surface area (Å²) in [6, 6.07) is 10.2. The van der Waals surface area contributed by atoms with Crippen molar-refractivity contribution < 1.29 is 24.3 Å². The van der Waals surface area contributed by atoms with Crippen LogP contribution in [0.4, 0.5) is 4.79 Å². The molecule has 2 aromatic carbocycles. The molecular formula is C25H27N3O5. The molecule has 0 bridgehead atoms. The maximum atomic E-state index is 12.7. The van der Waals surface area contributed by atoms with E-state index in [0.717, 1.165) is 22.3 Å². The van der Waals surface area contributed by atoms with Gasteiger partial charge in [-0.1, -0.05) is 36.4 Å². The van der Waals surface area contributed by atoms with Gasteiger partial charge in [0.2, 0.25) is 0 Å². The molecule has 172 valence electrons. The van der Waals surface area contributed by atoms with E-state index in [9.17, 15) is 24.3 Å². The van der Waals surface area contributed by atoms with Gasteiger partial charge in [-0.25, -0.2) is 4.79 Å². The fraction of sp³-hybridized carbons (Fsp3) is 0.280. The van der Waals surface area contributed by atoms with E-state index in [4.69, 9.17) is 0 Å². The highest BCUT2D eigenvalue weighted by molar-refractivity contribution is 6.16. The van der Waals surface area contributed by atoms with Crippen molar-refractivity contribution in [2.24, 2.45) is 0 Å². The van der Waals surface area contributed by atoms with E-state index < -0.39 is 35.8 Å². The van der Waals surface area contributed by atoms with Crippen LogP contribution in [0.1, 0.15) is 36.1 Å². The number of hydrogen-bond acceptors (Lipinski definition) is 4. The lowest BCUT2D eigenvalue weighted by Crippen LogP contribution is -2.56. The molecule has 1 heterocycles. The Morgan fingerprint density at radius 1 is 1.09 bits per heavy atom. The Morgan fingerprint density at radius 2 is 1.79 bits per heavy atom. The number of benzene rings is 2. The lowest BCUT2D eigenvalue weighted by Gasteiger charge is -2.27. The molecule has 0 radical (unpaired) electrons. The first-order chi connectivity index (χ1) is 15.6. The Bertz CT molecular complexity index is 1150. The van der Waals surface area contributed by atoms with Crippen molar-refractivity contribution in [1.29, 1.82) is 0 Å². The molecular weight excluding hydrogens is 422 g/mol. The molecule has 2 aromatic rings. The summed E-state index contributed by atoms with van der Waals surface area (Å²) in [5.74, 6) is -2.16. The molecule has 1 aliphatic heterocycles. The van der Waals surface area contributed by atoms with E-state index in [-0.39, 0.29) is 6.42 Å². The number of likely N-dealkylation sites (N-methyl/N-ethyl adjacent to an activating group) is 1. The normalized spacial score (nSPS) is 16.8. The van der Waals surface area contributed by atoms with Crippen LogP contribution in [0.3, 0.4) is 0 Å². The summed E-state index contributed by atoms with van der Waals surface area (Å²) < 4.78 is 0. The molecule has 1 aliphatic rings. The Morgan fingerprint density at radius 3 is 2.48 bits per heavy atom. The molecule has 3 amide bonds. The molecule has 0 fully saturated rings. The van der Waals surface area contributed by atoms with Gasteiger partial charge >= 0.3 is 12.0 Å². The summed E-state index contributed by atoms with van der Waals surface area (Å²) in [7, 11) is 1.50. The molecule has 0 saturated carbocycles. The van der Waals surface area contributed by atoms with Crippen molar-refractivity contribution in [2.75, 3.05) is 7.05 Å². The highest BCUT2D eigenvalue weighted by Gasteiger charge is 2.35. The number of carbonyl (C=O) groups excluding carboxylic acids is 3. The number of hydrogen-bond donors (Lipinski definition) is 3. The molecule has 0 aliphatic carbocycles. The van der Waals surface area contributed by atoms with Gasteiger partial charge in [-0.2, -0.15) is 0 Å². The second-order valence-electron chi connectivity index (χ2n) is 8.20. The van der Waals surface area contributed by atoms with Crippen LogP contribution in [-0.4, -0.2) is 46.8 Å². The minimum absolute atomic E-state index is 0.339. The fourth-order valence-corrected chi connectivity index (χ4v) is 3.83. The highest BCUT2D eigenvalue weighted by atomic mass is 16.4. The summed E-state index contributed by atoms with van der Waals surface area (Å²) in [5.41, 5.74) is 5.09. The molecule has 0 aromatic heterocycles. The summed E-state index contributed by atoms with van der Waals surface area (Å²) in [6.45, 7) is 5.59. The first-order valence-corrected chi connectivity index (χ1v) is 10.5. The quantitative estimate of drug-likeness (QED) is 0.586. The van der Waals surface area contributed by atoms with Gasteiger partial charge < -0.3 is 20.6 Å². The maximum absolute atomic E-state index is 12.7. The number of rotatable bonds is 6. The largest absolute Gasteiger partial charge is 0.481 e. The Labute approximate surface area is 192 Å². The zero-order chi connectivity index (χ0) is 24.3. The number of aliphatic carboxylic acids is 1. The summed E-state index contributed by atoms with van der Waals surface area (Å²) in [6.07, 6.45) is 1.04. The van der Waals surface area contributed by atoms with E-state index >= 15 is 0 Å². The lowest BCUT2D eigenvalue weighted by molar-refractivity contribution is -0.138. The second kappa shape index (κ2) is 9.68. The first kappa shape index (κ1) is 23.7. The van der Waals surface area contributed by atoms with Crippen molar-refractivity contribution in [2.45, 2.75) is 39.3 Å². The number of carbonyl (C=O) groups is 4. The van der Waals surface area contributed by atoms with Crippen LogP contribution in [0.25, 0.3) is 11.1 Å². The molecule has 3 rings (SSSR count). The zero-order valence-electron chi connectivity index (χ0n) is 19.0. The molecule has 2 unspecified atom stereocenters. The number of ketones is 1. The highest BCUT2D eigenvalue weighted by Crippen LogP contribution is 2.28. The van der Waals surface area contributed by atoms with Gasteiger partial charge in [-0.15, -0.1) is 0 Å². The van der Waals surface area contributed by atoms with Crippen LogP contribution in [0.5, 0.6) is 0 Å². The number of carboxylic acids is 1. The number of nitrogens with one attached hydrogen (secondary N) is 2. The third kappa shape index (κ3) is 5.28. The monoisotopic (exact) mass is 449 g/mol. The topological polar surface area (TPSA) is 116 Å². The average Bonchev–Trinajstić information content (AvgIpc) is 2.76. The van der Waals surface area contributed by atoms with Crippen molar-refractivity contribution in [3.63, 3.8) is 0 Å². The van der Waals surface area contributed by atoms with Crippen LogP contribution in [0.15, 0.2) is 54.2 Å². The third-order valence-corrected chi connectivity index (χ3v) is 5.80. The molecule has 8 heteroatoms. The molecule has 0 saturated heterocycles. The van der Waals surface area contributed by atoms with Gasteiger partial charge in [0, 0.05) is 18.8 Å². The Balaban J connectivity index is 1.85. The van der Waals surface area contributed by atoms with E-state index in [1.54, 1.807) is 19.1 Å². The van der Waals surface area contributed by atoms with Gasteiger partial charge in [-0.05, 0) is 54.7 Å². The summed E-state index contributed by atoms with van der Waals surface area (Å²) in [5, 5.41) is 14.4. The Hall–Kier alpha value is -3.94. The van der Waals surface area contributed by atoms with Gasteiger partial charge in [0.15, 0.2) is 11.8 Å². The van der Waals surface area contributed by atoms with Crippen molar-refractivity contribution in [1.82, 2.24) is 15.5 Å². The van der Waals surface area contributed by atoms with Crippen molar-refractivity contribution in [3.8, 4) is 11.1 Å². The van der Waals surface area contributed by atoms with Crippen LogP contribution < -0.4 is 10.6 Å². The number of urea groups is 1. The van der Waals surface area contributed by atoms with Crippen molar-refractivity contribution in [3.05, 3.63) is 70.9 Å². The smallest absolute Gasteiger partial charge is 0.316 e. The second-order valence-corrected chi connectivity index (χ2v) is 8.20. The van der Waals surface area contributed by atoms with Crippen LogP contribution >= 0.6 is 0 Å².